The first-order valence-electron chi connectivity index (χ1n) is 7.80. The normalized spacial score (nSPS) is 15.8. The van der Waals surface area contributed by atoms with Gasteiger partial charge in [0.15, 0.2) is 0 Å². The van der Waals surface area contributed by atoms with Gasteiger partial charge < -0.3 is 4.74 Å². The maximum atomic E-state index is 13.2. The fourth-order valence-electron chi connectivity index (χ4n) is 2.83. The van der Waals surface area contributed by atoms with E-state index in [4.69, 9.17) is 16.3 Å². The van der Waals surface area contributed by atoms with Gasteiger partial charge in [-0.3, -0.25) is 9.69 Å². The minimum Gasteiger partial charge on any atom is -0.465 e. The van der Waals surface area contributed by atoms with E-state index < -0.39 is 17.7 Å². The smallest absolute Gasteiger partial charge is 0.340 e. The molecule has 3 rings (SSSR count). The largest absolute Gasteiger partial charge is 0.465 e. The third-order valence-corrected chi connectivity index (χ3v) is 4.42. The number of ether oxygens (including phenoxy) is 1. The van der Waals surface area contributed by atoms with E-state index in [9.17, 15) is 14.0 Å². The second-order valence-electron chi connectivity index (χ2n) is 5.65. The molecular weight excluding hydrogens is 357 g/mol. The molecule has 0 N–H and O–H groups in total. The third kappa shape index (κ3) is 3.13. The lowest BCUT2D eigenvalue weighted by atomic mass is 10.0. The molecule has 0 spiro atoms. The number of hydrogen-bond acceptors (Lipinski definition) is 3. The first-order valence-corrected chi connectivity index (χ1v) is 8.17. The average molecular weight is 372 g/mol. The molecule has 0 bridgehead atoms. The van der Waals surface area contributed by atoms with Crippen LogP contribution in [0.25, 0.3) is 6.08 Å². The van der Waals surface area contributed by atoms with Gasteiger partial charge in [0.2, 0.25) is 0 Å². The highest BCUT2D eigenvalue weighted by molar-refractivity contribution is 6.32. The average Bonchev–Trinajstić information content (AvgIpc) is 2.87. The molecule has 6 heteroatoms. The summed E-state index contributed by atoms with van der Waals surface area (Å²) < 4.78 is 18.1. The summed E-state index contributed by atoms with van der Waals surface area (Å²) in [7, 11) is 1.25. The summed E-state index contributed by atoms with van der Waals surface area (Å²) in [6, 6.07) is 12.5. The molecule has 0 saturated heterocycles. The molecule has 0 aliphatic carbocycles. The van der Waals surface area contributed by atoms with Gasteiger partial charge in [0, 0.05) is 16.4 Å². The van der Waals surface area contributed by atoms with Crippen molar-refractivity contribution in [1.29, 1.82) is 0 Å². The molecule has 132 valence electrons. The molecular formula is C20H15ClFNO3. The third-order valence-electron chi connectivity index (χ3n) is 4.08. The summed E-state index contributed by atoms with van der Waals surface area (Å²) in [4.78, 5) is 26.7. The Morgan fingerprint density at radius 2 is 1.81 bits per heavy atom. The molecule has 4 nitrogen and oxygen atoms in total. The van der Waals surface area contributed by atoms with Crippen LogP contribution in [0.5, 0.6) is 0 Å². The number of esters is 1. The van der Waals surface area contributed by atoms with Gasteiger partial charge >= 0.3 is 5.97 Å². The van der Waals surface area contributed by atoms with Crippen molar-refractivity contribution in [3.05, 3.63) is 81.8 Å². The van der Waals surface area contributed by atoms with Crippen molar-refractivity contribution in [1.82, 2.24) is 0 Å². The Morgan fingerprint density at radius 3 is 2.42 bits per heavy atom. The maximum absolute atomic E-state index is 13.2. The summed E-state index contributed by atoms with van der Waals surface area (Å²) >= 11 is 6.18. The SMILES string of the molecule is COC(=O)C1=C(C)N(c2ccc(F)cc2)C(=O)/C1=C\c1ccccc1Cl. The summed E-state index contributed by atoms with van der Waals surface area (Å²) in [5, 5.41) is 0.454. The molecule has 1 aliphatic rings. The molecule has 0 saturated carbocycles. The van der Waals surface area contributed by atoms with Crippen molar-refractivity contribution in [3.8, 4) is 0 Å². The molecule has 0 unspecified atom stereocenters. The Labute approximate surface area is 155 Å². The molecule has 0 radical (unpaired) electrons. The zero-order valence-electron chi connectivity index (χ0n) is 14.1. The van der Waals surface area contributed by atoms with Gasteiger partial charge in [-0.05, 0) is 48.9 Å². The predicted octanol–water partition coefficient (Wildman–Crippen LogP) is 4.36. The summed E-state index contributed by atoms with van der Waals surface area (Å²) in [5.74, 6) is -1.45. The van der Waals surface area contributed by atoms with Gasteiger partial charge in [-0.1, -0.05) is 29.8 Å². The highest BCUT2D eigenvalue weighted by Gasteiger charge is 2.37. The van der Waals surface area contributed by atoms with Crippen LogP contribution in [0.3, 0.4) is 0 Å². The Balaban J connectivity index is 2.15. The van der Waals surface area contributed by atoms with Crippen molar-refractivity contribution in [3.63, 3.8) is 0 Å². The van der Waals surface area contributed by atoms with Crippen LogP contribution in [-0.2, 0) is 14.3 Å². The van der Waals surface area contributed by atoms with Gasteiger partial charge in [0.25, 0.3) is 5.91 Å². The van der Waals surface area contributed by atoms with Gasteiger partial charge in [-0.25, -0.2) is 9.18 Å². The van der Waals surface area contributed by atoms with Crippen LogP contribution in [-0.4, -0.2) is 19.0 Å². The molecule has 1 aliphatic heterocycles. The van der Waals surface area contributed by atoms with E-state index in [1.54, 1.807) is 37.3 Å². The number of nitrogens with zero attached hydrogens (tertiary/aromatic N) is 1. The zero-order valence-corrected chi connectivity index (χ0v) is 14.9. The molecule has 0 fully saturated rings. The Bertz CT molecular complexity index is 948. The van der Waals surface area contributed by atoms with Crippen molar-refractivity contribution in [2.45, 2.75) is 6.92 Å². The van der Waals surface area contributed by atoms with Crippen LogP contribution >= 0.6 is 11.6 Å². The van der Waals surface area contributed by atoms with Gasteiger partial charge in [-0.15, -0.1) is 0 Å². The first kappa shape index (κ1) is 17.9. The van der Waals surface area contributed by atoms with Gasteiger partial charge in [-0.2, -0.15) is 0 Å². The van der Waals surface area contributed by atoms with E-state index in [2.05, 4.69) is 0 Å². The van der Waals surface area contributed by atoms with E-state index >= 15 is 0 Å². The monoisotopic (exact) mass is 371 g/mol. The molecule has 26 heavy (non-hydrogen) atoms. The quantitative estimate of drug-likeness (QED) is 0.595. The number of amides is 1. The Hall–Kier alpha value is -2.92. The summed E-state index contributed by atoms with van der Waals surface area (Å²) in [6.07, 6.45) is 1.56. The summed E-state index contributed by atoms with van der Waals surface area (Å²) in [5.41, 5.74) is 1.80. The number of methoxy groups -OCH3 is 1. The maximum Gasteiger partial charge on any atom is 0.340 e. The fraction of sp³-hybridized carbons (Fsp3) is 0.100. The van der Waals surface area contributed by atoms with E-state index in [-0.39, 0.29) is 11.1 Å². The highest BCUT2D eigenvalue weighted by Crippen LogP contribution is 2.36. The molecule has 0 atom stereocenters. The topological polar surface area (TPSA) is 46.6 Å². The Morgan fingerprint density at radius 1 is 1.15 bits per heavy atom. The van der Waals surface area contributed by atoms with Crippen LogP contribution in [0.2, 0.25) is 5.02 Å². The second kappa shape index (κ2) is 7.14. The van der Waals surface area contributed by atoms with Gasteiger partial charge in [0.1, 0.15) is 5.82 Å². The number of carbonyl (C=O) groups excluding carboxylic acids is 2. The lowest BCUT2D eigenvalue weighted by Crippen LogP contribution is -2.24. The standard InChI is InChI=1S/C20H15ClFNO3/c1-12-18(20(25)26-2)16(11-13-5-3-4-6-17(13)21)19(24)23(12)15-9-7-14(22)8-10-15/h3-11H,1-2H3/b16-11-. The second-order valence-corrected chi connectivity index (χ2v) is 6.06. The van der Waals surface area contributed by atoms with Crippen LogP contribution < -0.4 is 4.90 Å². The summed E-state index contributed by atoms with van der Waals surface area (Å²) in [6.45, 7) is 1.64. The molecule has 2 aromatic rings. The van der Waals surface area contributed by atoms with Crippen molar-refractivity contribution in [2.24, 2.45) is 0 Å². The number of halogens is 2. The molecule has 1 amide bonds. The van der Waals surface area contributed by atoms with Crippen molar-refractivity contribution >= 4 is 35.2 Å². The van der Waals surface area contributed by atoms with E-state index in [0.29, 0.717) is 22.0 Å². The minimum absolute atomic E-state index is 0.154. The van der Waals surface area contributed by atoms with Crippen molar-refractivity contribution < 1.29 is 18.7 Å². The van der Waals surface area contributed by atoms with E-state index in [1.165, 1.54) is 36.3 Å². The predicted molar refractivity (Wildman–Crippen MR) is 98.0 cm³/mol. The lowest BCUT2D eigenvalue weighted by Gasteiger charge is -2.17. The number of rotatable bonds is 3. The van der Waals surface area contributed by atoms with E-state index in [0.717, 1.165) is 0 Å². The number of anilines is 1. The number of hydrogen-bond donors (Lipinski definition) is 0. The zero-order chi connectivity index (χ0) is 18.8. The van der Waals surface area contributed by atoms with Crippen LogP contribution in [0.4, 0.5) is 10.1 Å². The lowest BCUT2D eigenvalue weighted by molar-refractivity contribution is -0.136. The first-order chi connectivity index (χ1) is 12.4. The van der Waals surface area contributed by atoms with E-state index in [1.807, 2.05) is 0 Å². The number of carbonyl (C=O) groups is 2. The number of benzene rings is 2. The van der Waals surface area contributed by atoms with Crippen LogP contribution in [0.1, 0.15) is 12.5 Å². The molecule has 2 aromatic carbocycles. The van der Waals surface area contributed by atoms with Crippen LogP contribution in [0, 0.1) is 5.82 Å². The number of allylic oxidation sites excluding steroid dienone is 1. The van der Waals surface area contributed by atoms with Gasteiger partial charge in [0.05, 0.1) is 18.3 Å². The van der Waals surface area contributed by atoms with Crippen molar-refractivity contribution in [2.75, 3.05) is 12.0 Å². The fourth-order valence-corrected chi connectivity index (χ4v) is 3.02. The Kier molecular flexibility index (Phi) is 4.91. The minimum atomic E-state index is -0.626. The highest BCUT2D eigenvalue weighted by atomic mass is 35.5. The molecule has 0 aromatic heterocycles. The molecule has 1 heterocycles. The van der Waals surface area contributed by atoms with Crippen LogP contribution in [0.15, 0.2) is 65.4 Å².